The van der Waals surface area contributed by atoms with Crippen LogP contribution in [0.25, 0.3) is 5.70 Å². The van der Waals surface area contributed by atoms with Crippen LogP contribution in [0.2, 0.25) is 0 Å². The normalized spacial score (nSPS) is 20.9. The number of aliphatic carboxylic acids is 1. The molecule has 2 saturated heterocycles. The Balaban J connectivity index is 1.22. The highest BCUT2D eigenvalue weighted by atomic mass is 32.2. The molecule has 1 unspecified atom stereocenters. The fraction of sp³-hybridized carbons (Fsp3) is 0.448. The number of rotatable bonds is 7. The molecule has 1 amide bonds. The Hall–Kier alpha value is -2.66. The second kappa shape index (κ2) is 12.2. The van der Waals surface area contributed by atoms with Crippen molar-refractivity contribution in [1.29, 1.82) is 0 Å². The van der Waals surface area contributed by atoms with Gasteiger partial charge in [-0.15, -0.1) is 0 Å². The van der Waals surface area contributed by atoms with Crippen molar-refractivity contribution >= 4 is 40.5 Å². The van der Waals surface area contributed by atoms with Crippen LogP contribution in [-0.4, -0.2) is 74.5 Å². The van der Waals surface area contributed by atoms with Crippen LogP contribution in [0.1, 0.15) is 45.5 Å². The van der Waals surface area contributed by atoms with Crippen LogP contribution in [0, 0.1) is 19.8 Å². The quantitative estimate of drug-likeness (QED) is 0.486. The molecule has 0 aliphatic carbocycles. The van der Waals surface area contributed by atoms with Gasteiger partial charge in [-0.3, -0.25) is 14.5 Å². The first-order chi connectivity index (χ1) is 18.8. The Morgan fingerprint density at radius 3 is 2.54 bits per heavy atom. The van der Waals surface area contributed by atoms with E-state index in [0.29, 0.717) is 49.6 Å². The number of hydrogen-bond donors (Lipinski definition) is 2. The highest BCUT2D eigenvalue weighted by molar-refractivity contribution is 8.03. The number of ether oxygens (including phenoxy) is 1. The van der Waals surface area contributed by atoms with E-state index in [1.807, 2.05) is 37.3 Å². The lowest BCUT2D eigenvalue weighted by molar-refractivity contribution is -0.143. The van der Waals surface area contributed by atoms with Crippen LogP contribution in [0.5, 0.6) is 5.75 Å². The molecule has 208 valence electrons. The summed E-state index contributed by atoms with van der Waals surface area (Å²) in [6.07, 6.45) is 1.34. The lowest BCUT2D eigenvalue weighted by atomic mass is 9.97. The molecule has 1 atom stereocenters. The monoisotopic (exact) mass is 569 g/mol. The fourth-order valence-electron chi connectivity index (χ4n) is 5.18. The number of benzene rings is 2. The number of carboxylic acid groups (broad SMARTS) is 1. The first kappa shape index (κ1) is 27.9. The van der Waals surface area contributed by atoms with Gasteiger partial charge in [0.1, 0.15) is 29.4 Å². The van der Waals surface area contributed by atoms with E-state index in [1.54, 1.807) is 16.7 Å². The van der Waals surface area contributed by atoms with Crippen molar-refractivity contribution in [3.05, 3.63) is 69.6 Å². The number of amides is 1. The molecule has 8 nitrogen and oxygen atoms in total. The summed E-state index contributed by atoms with van der Waals surface area (Å²) >= 11 is 0.890. The van der Waals surface area contributed by atoms with Gasteiger partial charge < -0.3 is 24.6 Å². The summed E-state index contributed by atoms with van der Waals surface area (Å²) < 4.78 is 18.0. The van der Waals surface area contributed by atoms with Gasteiger partial charge in [0.2, 0.25) is 0 Å². The molecule has 2 aromatic rings. The molecule has 0 aromatic heterocycles. The molecule has 2 N–H and O–H groups in total. The zero-order valence-corrected chi connectivity index (χ0v) is 24.0. The largest absolute Gasteiger partial charge is 0.616 e. The number of thioether (sulfide) groups is 1. The SMILES string of the molecule is Cc1ccc(OCc2ccc(C(=O)N3CC[S+]([O-])CC3)cc2C)c(C2=CSC(N3CCC(C(=O)O)CC3)N2)c1. The van der Waals surface area contributed by atoms with E-state index in [1.165, 1.54) is 0 Å². The molecular weight excluding hydrogens is 534 g/mol. The van der Waals surface area contributed by atoms with Gasteiger partial charge in [0.05, 0.1) is 24.7 Å². The van der Waals surface area contributed by atoms with Crippen molar-refractivity contribution in [2.45, 2.75) is 38.8 Å². The number of carbonyl (C=O) groups is 2. The topological polar surface area (TPSA) is 105 Å². The third kappa shape index (κ3) is 6.57. The zero-order chi connectivity index (χ0) is 27.5. The average molecular weight is 570 g/mol. The van der Waals surface area contributed by atoms with Gasteiger partial charge in [-0.2, -0.15) is 0 Å². The maximum atomic E-state index is 12.9. The Labute approximate surface area is 237 Å². The number of carbonyl (C=O) groups excluding carboxylic acids is 1. The number of piperidine rings is 1. The van der Waals surface area contributed by atoms with Gasteiger partial charge in [-0.25, -0.2) is 0 Å². The number of carboxylic acids is 1. The summed E-state index contributed by atoms with van der Waals surface area (Å²) in [6.45, 7) is 7.02. The Bertz CT molecular complexity index is 1250. The van der Waals surface area contributed by atoms with Crippen molar-refractivity contribution < 1.29 is 24.0 Å². The van der Waals surface area contributed by atoms with Crippen molar-refractivity contribution in [3.63, 3.8) is 0 Å². The van der Waals surface area contributed by atoms with Crippen molar-refractivity contribution in [2.24, 2.45) is 5.92 Å². The van der Waals surface area contributed by atoms with E-state index in [-0.39, 0.29) is 17.3 Å². The minimum absolute atomic E-state index is 0.0124. The van der Waals surface area contributed by atoms with Gasteiger partial charge in [0.25, 0.3) is 5.91 Å². The number of aryl methyl sites for hydroxylation is 2. The molecule has 2 aromatic carbocycles. The molecular formula is C29H35N3O5S2. The minimum atomic E-state index is -0.816. The first-order valence-corrected chi connectivity index (χ1v) is 15.8. The summed E-state index contributed by atoms with van der Waals surface area (Å²) in [5.41, 5.74) is 5.87. The Kier molecular flexibility index (Phi) is 8.76. The molecule has 5 rings (SSSR count). The summed E-state index contributed by atoms with van der Waals surface area (Å²) in [5.74, 6) is 0.920. The highest BCUT2D eigenvalue weighted by Gasteiger charge is 2.31. The summed E-state index contributed by atoms with van der Waals surface area (Å²) in [5, 5.41) is 15.0. The van der Waals surface area contributed by atoms with Gasteiger partial charge in [0, 0.05) is 24.2 Å². The van der Waals surface area contributed by atoms with E-state index >= 15 is 0 Å². The molecule has 3 heterocycles. The van der Waals surface area contributed by atoms with Gasteiger partial charge >= 0.3 is 5.97 Å². The third-order valence-electron chi connectivity index (χ3n) is 7.67. The van der Waals surface area contributed by atoms with Crippen LogP contribution >= 0.6 is 11.8 Å². The summed E-state index contributed by atoms with van der Waals surface area (Å²) in [7, 11) is 0. The van der Waals surface area contributed by atoms with E-state index < -0.39 is 17.1 Å². The number of nitrogens with zero attached hydrogens (tertiary/aromatic N) is 2. The average Bonchev–Trinajstić information content (AvgIpc) is 3.43. The van der Waals surface area contributed by atoms with Crippen molar-refractivity contribution in [2.75, 3.05) is 37.7 Å². The molecule has 0 spiro atoms. The lowest BCUT2D eigenvalue weighted by Gasteiger charge is -2.34. The molecule has 2 fully saturated rings. The predicted octanol–water partition coefficient (Wildman–Crippen LogP) is 3.80. The Morgan fingerprint density at radius 1 is 1.10 bits per heavy atom. The zero-order valence-electron chi connectivity index (χ0n) is 22.4. The smallest absolute Gasteiger partial charge is 0.306 e. The second-order valence-corrected chi connectivity index (χ2v) is 13.0. The standard InChI is InChI=1S/C29H35N3O5S2/c1-19-3-6-26(24(15-19)25-18-38-29(30-25)32-9-7-21(8-10-32)28(34)35)37-17-23-5-4-22(16-20(23)2)27(33)31-11-13-39(36)14-12-31/h3-6,15-16,18,21,29-30H,7-14,17H2,1-2H3,(H,34,35). The number of likely N-dealkylation sites (tertiary alicyclic amines) is 1. The number of hydrogen-bond acceptors (Lipinski definition) is 7. The first-order valence-electron chi connectivity index (χ1n) is 13.3. The summed E-state index contributed by atoms with van der Waals surface area (Å²) in [4.78, 5) is 28.3. The van der Waals surface area contributed by atoms with Crippen LogP contribution in [0.3, 0.4) is 0 Å². The van der Waals surface area contributed by atoms with E-state index in [4.69, 9.17) is 4.74 Å². The fourth-order valence-corrected chi connectivity index (χ4v) is 7.27. The highest BCUT2D eigenvalue weighted by Crippen LogP contribution is 2.36. The maximum absolute atomic E-state index is 12.9. The summed E-state index contributed by atoms with van der Waals surface area (Å²) in [6, 6.07) is 11.9. The van der Waals surface area contributed by atoms with Gasteiger partial charge in [0.15, 0.2) is 0 Å². The maximum Gasteiger partial charge on any atom is 0.306 e. The van der Waals surface area contributed by atoms with Crippen molar-refractivity contribution in [1.82, 2.24) is 15.1 Å². The molecule has 0 saturated carbocycles. The van der Waals surface area contributed by atoms with Crippen LogP contribution in [-0.2, 0) is 22.6 Å². The molecule has 39 heavy (non-hydrogen) atoms. The molecule has 0 bridgehead atoms. The molecule has 10 heteroatoms. The molecule has 3 aliphatic heterocycles. The van der Waals surface area contributed by atoms with Crippen molar-refractivity contribution in [3.8, 4) is 5.75 Å². The van der Waals surface area contributed by atoms with E-state index in [9.17, 15) is 19.2 Å². The van der Waals surface area contributed by atoms with E-state index in [0.717, 1.165) is 46.8 Å². The molecule has 0 radical (unpaired) electrons. The Morgan fingerprint density at radius 2 is 1.85 bits per heavy atom. The van der Waals surface area contributed by atoms with Crippen LogP contribution in [0.15, 0.2) is 41.8 Å². The van der Waals surface area contributed by atoms with Crippen LogP contribution < -0.4 is 10.1 Å². The van der Waals surface area contributed by atoms with E-state index in [2.05, 4.69) is 28.6 Å². The second-order valence-electron chi connectivity index (χ2n) is 10.4. The third-order valence-corrected chi connectivity index (χ3v) is 9.99. The van der Waals surface area contributed by atoms with Crippen LogP contribution in [0.4, 0.5) is 0 Å². The van der Waals surface area contributed by atoms with Gasteiger partial charge in [-0.1, -0.05) is 40.6 Å². The lowest BCUT2D eigenvalue weighted by Crippen LogP contribution is -2.45. The number of nitrogens with one attached hydrogen (secondary N) is 1. The molecule has 3 aliphatic rings. The van der Waals surface area contributed by atoms with Gasteiger partial charge in [-0.05, 0) is 67.5 Å². The predicted molar refractivity (Wildman–Crippen MR) is 155 cm³/mol. The minimum Gasteiger partial charge on any atom is -0.616 e.